The minimum atomic E-state index is -4.17. The van der Waals surface area contributed by atoms with Gasteiger partial charge in [0, 0.05) is 0 Å². The van der Waals surface area contributed by atoms with Crippen molar-refractivity contribution >= 4 is 27.8 Å². The van der Waals surface area contributed by atoms with E-state index in [9.17, 15) is 17.6 Å². The lowest BCUT2D eigenvalue weighted by Gasteiger charge is -2.23. The molecule has 0 spiro atoms. The van der Waals surface area contributed by atoms with Gasteiger partial charge in [0.25, 0.3) is 15.9 Å². The Hall–Kier alpha value is -4.70. The van der Waals surface area contributed by atoms with E-state index in [-0.39, 0.29) is 10.6 Å². The summed E-state index contributed by atoms with van der Waals surface area (Å²) in [6.45, 7) is 3.99. The summed E-state index contributed by atoms with van der Waals surface area (Å²) in [6, 6.07) is 26.1. The Morgan fingerprint density at radius 2 is 1.63 bits per heavy atom. The fraction of sp³-hybridized carbons (Fsp3) is 0.161. The second-order valence-electron chi connectivity index (χ2n) is 9.01. The zero-order chi connectivity index (χ0) is 29.2. The Balaban J connectivity index is 1.47. The number of ether oxygens (including phenoxy) is 2. The highest BCUT2D eigenvalue weighted by atomic mass is 32.2. The molecule has 0 atom stereocenters. The molecule has 0 heterocycles. The summed E-state index contributed by atoms with van der Waals surface area (Å²) in [5.41, 5.74) is 5.24. The average Bonchev–Trinajstić information content (AvgIpc) is 2.97. The van der Waals surface area contributed by atoms with Crippen LogP contribution in [0.1, 0.15) is 23.6 Å². The smallest absolute Gasteiger partial charge is 0.264 e. The number of hydrogen-bond donors (Lipinski definition) is 1. The molecular formula is C31H30FN3O5S. The van der Waals surface area contributed by atoms with Crippen LogP contribution in [0.5, 0.6) is 11.5 Å². The van der Waals surface area contributed by atoms with Crippen molar-refractivity contribution in [3.05, 3.63) is 120 Å². The second-order valence-corrected chi connectivity index (χ2v) is 10.9. The van der Waals surface area contributed by atoms with E-state index in [1.54, 1.807) is 42.5 Å². The second kappa shape index (κ2) is 13.6. The van der Waals surface area contributed by atoms with Crippen molar-refractivity contribution in [2.24, 2.45) is 5.10 Å². The Morgan fingerprint density at radius 1 is 0.927 bits per heavy atom. The highest BCUT2D eigenvalue weighted by molar-refractivity contribution is 7.92. The molecule has 41 heavy (non-hydrogen) atoms. The van der Waals surface area contributed by atoms with Crippen LogP contribution in [0.2, 0.25) is 0 Å². The Morgan fingerprint density at radius 3 is 2.32 bits per heavy atom. The standard InChI is InChI=1S/C31H30FN3O5S/c1-3-39-30-19-25(11-18-29(30)40-22-24-7-5-4-6-8-24)20-33-34-31(36)21-35(27-14-9-23(2)10-15-27)41(37,38)28-16-12-26(32)13-17-28/h4-20H,3,21-22H2,1-2H3,(H,34,36)/b33-20-. The number of aryl methyl sites for hydroxylation is 1. The molecule has 0 aliphatic heterocycles. The highest BCUT2D eigenvalue weighted by Gasteiger charge is 2.27. The fourth-order valence-corrected chi connectivity index (χ4v) is 5.25. The van der Waals surface area contributed by atoms with Crippen molar-refractivity contribution in [3.63, 3.8) is 0 Å². The van der Waals surface area contributed by atoms with Gasteiger partial charge in [0.1, 0.15) is 19.0 Å². The maximum atomic E-state index is 13.4. The van der Waals surface area contributed by atoms with Crippen LogP contribution >= 0.6 is 0 Å². The summed E-state index contributed by atoms with van der Waals surface area (Å²) in [7, 11) is -4.17. The maximum absolute atomic E-state index is 13.4. The van der Waals surface area contributed by atoms with Crippen LogP contribution in [0.25, 0.3) is 0 Å². The lowest BCUT2D eigenvalue weighted by atomic mass is 10.2. The zero-order valence-electron chi connectivity index (χ0n) is 22.7. The molecule has 4 aromatic rings. The lowest BCUT2D eigenvalue weighted by Crippen LogP contribution is -2.39. The van der Waals surface area contributed by atoms with Crippen molar-refractivity contribution < 1.29 is 27.1 Å². The minimum Gasteiger partial charge on any atom is -0.490 e. The average molecular weight is 576 g/mol. The van der Waals surface area contributed by atoms with Crippen molar-refractivity contribution in [2.75, 3.05) is 17.5 Å². The normalized spacial score (nSPS) is 11.3. The van der Waals surface area contributed by atoms with Gasteiger partial charge in [-0.3, -0.25) is 9.10 Å². The number of sulfonamides is 1. The van der Waals surface area contributed by atoms with Gasteiger partial charge in [-0.1, -0.05) is 48.0 Å². The number of hydrogen-bond acceptors (Lipinski definition) is 6. The van der Waals surface area contributed by atoms with Crippen LogP contribution in [0, 0.1) is 12.7 Å². The molecule has 0 aliphatic rings. The van der Waals surface area contributed by atoms with E-state index in [1.165, 1.54) is 6.21 Å². The van der Waals surface area contributed by atoms with Gasteiger partial charge < -0.3 is 9.47 Å². The number of amides is 1. The SMILES string of the molecule is CCOc1cc(/C=N\NC(=O)CN(c2ccc(C)cc2)S(=O)(=O)c2ccc(F)cc2)ccc1OCc1ccccc1. The highest BCUT2D eigenvalue weighted by Crippen LogP contribution is 2.29. The molecule has 0 unspecified atom stereocenters. The molecule has 0 radical (unpaired) electrons. The largest absolute Gasteiger partial charge is 0.490 e. The third-order valence-corrected chi connectivity index (χ3v) is 7.71. The number of nitrogens with one attached hydrogen (secondary N) is 1. The van der Waals surface area contributed by atoms with Gasteiger partial charge in [0.2, 0.25) is 0 Å². The number of hydrazone groups is 1. The monoisotopic (exact) mass is 575 g/mol. The molecule has 1 amide bonds. The van der Waals surface area contributed by atoms with Gasteiger partial charge in [-0.25, -0.2) is 18.2 Å². The van der Waals surface area contributed by atoms with Gasteiger partial charge >= 0.3 is 0 Å². The molecule has 0 saturated heterocycles. The third-order valence-electron chi connectivity index (χ3n) is 5.92. The van der Waals surface area contributed by atoms with Crippen LogP contribution < -0.4 is 19.2 Å². The lowest BCUT2D eigenvalue weighted by molar-refractivity contribution is -0.119. The first-order valence-electron chi connectivity index (χ1n) is 12.9. The van der Waals surface area contributed by atoms with Gasteiger partial charge in [0.05, 0.1) is 23.4 Å². The number of anilines is 1. The molecule has 8 nitrogen and oxygen atoms in total. The van der Waals surface area contributed by atoms with Crippen molar-refractivity contribution in [1.29, 1.82) is 0 Å². The van der Waals surface area contributed by atoms with Crippen molar-refractivity contribution in [2.45, 2.75) is 25.3 Å². The molecule has 0 aliphatic carbocycles. The molecule has 0 aromatic heterocycles. The van der Waals surface area contributed by atoms with E-state index < -0.39 is 28.3 Å². The molecule has 1 N–H and O–H groups in total. The van der Waals surface area contributed by atoms with Gasteiger partial charge in [-0.2, -0.15) is 5.10 Å². The summed E-state index contributed by atoms with van der Waals surface area (Å²) >= 11 is 0. The van der Waals surface area contributed by atoms with E-state index in [0.29, 0.717) is 30.3 Å². The first-order chi connectivity index (χ1) is 19.8. The topological polar surface area (TPSA) is 97.3 Å². The van der Waals surface area contributed by atoms with E-state index in [0.717, 1.165) is 39.7 Å². The van der Waals surface area contributed by atoms with E-state index >= 15 is 0 Å². The van der Waals surface area contributed by atoms with Crippen LogP contribution in [0.15, 0.2) is 107 Å². The first kappa shape index (κ1) is 29.3. The molecular weight excluding hydrogens is 545 g/mol. The summed E-state index contributed by atoms with van der Waals surface area (Å²) in [4.78, 5) is 12.7. The predicted octanol–water partition coefficient (Wildman–Crippen LogP) is 5.46. The van der Waals surface area contributed by atoms with E-state index in [4.69, 9.17) is 9.47 Å². The zero-order valence-corrected chi connectivity index (χ0v) is 23.5. The minimum absolute atomic E-state index is 0.145. The molecule has 0 saturated carbocycles. The van der Waals surface area contributed by atoms with Gasteiger partial charge in [-0.15, -0.1) is 0 Å². The summed E-state index contributed by atoms with van der Waals surface area (Å²) in [5, 5.41) is 4.00. The maximum Gasteiger partial charge on any atom is 0.264 e. The number of carbonyl (C=O) groups excluding carboxylic acids is 1. The quantitative estimate of drug-likeness (QED) is 0.179. The Labute approximate surface area is 239 Å². The van der Waals surface area contributed by atoms with E-state index in [2.05, 4.69) is 10.5 Å². The molecule has 0 fully saturated rings. The van der Waals surface area contributed by atoms with Crippen LogP contribution in [-0.2, 0) is 21.4 Å². The van der Waals surface area contributed by atoms with E-state index in [1.807, 2.05) is 44.2 Å². The number of carbonyl (C=O) groups is 1. The van der Waals surface area contributed by atoms with Gasteiger partial charge in [0.15, 0.2) is 11.5 Å². The Bertz CT molecular complexity index is 1590. The molecule has 0 bridgehead atoms. The summed E-state index contributed by atoms with van der Waals surface area (Å²) in [6.07, 6.45) is 1.42. The Kier molecular flexibility index (Phi) is 9.70. The van der Waals surface area contributed by atoms with Crippen molar-refractivity contribution in [1.82, 2.24) is 5.43 Å². The van der Waals surface area contributed by atoms with Crippen LogP contribution in [0.3, 0.4) is 0 Å². The number of benzene rings is 4. The number of halogens is 1. The molecule has 212 valence electrons. The fourth-order valence-electron chi connectivity index (χ4n) is 3.83. The number of nitrogens with zero attached hydrogens (tertiary/aromatic N) is 2. The van der Waals surface area contributed by atoms with Crippen molar-refractivity contribution in [3.8, 4) is 11.5 Å². The molecule has 10 heteroatoms. The number of rotatable bonds is 12. The van der Waals surface area contributed by atoms with Crippen LogP contribution in [-0.4, -0.2) is 33.7 Å². The summed E-state index contributed by atoms with van der Waals surface area (Å²) < 4.78 is 52.8. The first-order valence-corrected chi connectivity index (χ1v) is 14.3. The van der Waals surface area contributed by atoms with Crippen LogP contribution in [0.4, 0.5) is 10.1 Å². The van der Waals surface area contributed by atoms with Gasteiger partial charge in [-0.05, 0) is 79.6 Å². The predicted molar refractivity (Wildman–Crippen MR) is 156 cm³/mol. The molecule has 4 aromatic carbocycles. The third kappa shape index (κ3) is 7.92. The summed E-state index contributed by atoms with van der Waals surface area (Å²) in [5.74, 6) is -0.146. The molecule has 4 rings (SSSR count).